The first-order valence-corrected chi connectivity index (χ1v) is 6.51. The molecule has 0 bridgehead atoms. The second-order valence-corrected chi connectivity index (χ2v) is 4.83. The summed E-state index contributed by atoms with van der Waals surface area (Å²) >= 11 is 6.19. The lowest BCUT2D eigenvalue weighted by Crippen LogP contribution is -2.16. The zero-order chi connectivity index (χ0) is 13.8. The topological polar surface area (TPSA) is 39.1 Å². The predicted molar refractivity (Wildman–Crippen MR) is 76.5 cm³/mol. The Balaban J connectivity index is 2.01. The molecule has 1 aromatic carbocycles. The molecule has 0 radical (unpaired) electrons. The Hall–Kier alpha value is -1.52. The van der Waals surface area contributed by atoms with E-state index in [9.17, 15) is 0 Å². The number of benzene rings is 1. The zero-order valence-electron chi connectivity index (χ0n) is 11.4. The Labute approximate surface area is 118 Å². The van der Waals surface area contributed by atoms with E-state index in [2.05, 4.69) is 16.5 Å². The van der Waals surface area contributed by atoms with Gasteiger partial charge in [0.05, 0.1) is 18.5 Å². The van der Waals surface area contributed by atoms with Crippen LogP contribution in [0, 0.1) is 6.92 Å². The minimum Gasteiger partial charge on any atom is -0.496 e. The molecule has 0 spiro atoms. The average Bonchev–Trinajstić information content (AvgIpc) is 2.70. The molecular formula is C14H18ClN3O. The number of aromatic nitrogens is 2. The third kappa shape index (κ3) is 3.28. The van der Waals surface area contributed by atoms with E-state index < -0.39 is 0 Å². The Bertz CT molecular complexity index is 566. The Morgan fingerprint density at radius 1 is 1.37 bits per heavy atom. The molecule has 1 aromatic heterocycles. The highest BCUT2D eigenvalue weighted by atomic mass is 35.5. The summed E-state index contributed by atoms with van der Waals surface area (Å²) in [6.07, 6.45) is 0. The SMILES string of the molecule is COc1cccc(Cl)c1CNCc1cc(C)nn1C. The van der Waals surface area contributed by atoms with Gasteiger partial charge in [-0.05, 0) is 25.1 Å². The van der Waals surface area contributed by atoms with E-state index in [4.69, 9.17) is 16.3 Å². The summed E-state index contributed by atoms with van der Waals surface area (Å²) in [5.74, 6) is 0.807. The van der Waals surface area contributed by atoms with Crippen LogP contribution < -0.4 is 10.1 Å². The smallest absolute Gasteiger partial charge is 0.124 e. The average molecular weight is 280 g/mol. The molecule has 0 unspecified atom stereocenters. The predicted octanol–water partition coefficient (Wildman–Crippen LogP) is 2.68. The molecule has 19 heavy (non-hydrogen) atoms. The lowest BCUT2D eigenvalue weighted by Gasteiger charge is -2.11. The lowest BCUT2D eigenvalue weighted by atomic mass is 10.2. The van der Waals surface area contributed by atoms with Gasteiger partial charge in [0.1, 0.15) is 5.75 Å². The minimum absolute atomic E-state index is 0.660. The first-order valence-electron chi connectivity index (χ1n) is 6.13. The molecule has 0 aliphatic carbocycles. The molecule has 0 fully saturated rings. The standard InChI is InChI=1S/C14H18ClN3O/c1-10-7-11(18(2)17-10)8-16-9-12-13(15)5-4-6-14(12)19-3/h4-7,16H,8-9H2,1-3H3. The fraction of sp³-hybridized carbons (Fsp3) is 0.357. The van der Waals surface area contributed by atoms with Gasteiger partial charge < -0.3 is 10.1 Å². The first kappa shape index (κ1) is 13.9. The highest BCUT2D eigenvalue weighted by molar-refractivity contribution is 6.31. The van der Waals surface area contributed by atoms with Crippen molar-refractivity contribution >= 4 is 11.6 Å². The summed E-state index contributed by atoms with van der Waals surface area (Å²) in [5, 5.41) is 8.39. The Morgan fingerprint density at radius 3 is 2.79 bits per heavy atom. The van der Waals surface area contributed by atoms with E-state index in [1.807, 2.05) is 36.9 Å². The van der Waals surface area contributed by atoms with E-state index >= 15 is 0 Å². The Morgan fingerprint density at radius 2 is 2.16 bits per heavy atom. The fourth-order valence-corrected chi connectivity index (χ4v) is 2.28. The molecule has 4 nitrogen and oxygen atoms in total. The maximum Gasteiger partial charge on any atom is 0.124 e. The van der Waals surface area contributed by atoms with Gasteiger partial charge >= 0.3 is 0 Å². The Kier molecular flexibility index (Phi) is 4.45. The van der Waals surface area contributed by atoms with Crippen molar-refractivity contribution in [2.24, 2.45) is 7.05 Å². The van der Waals surface area contributed by atoms with Crippen LogP contribution in [-0.2, 0) is 20.1 Å². The second kappa shape index (κ2) is 6.08. The van der Waals surface area contributed by atoms with E-state index in [1.165, 1.54) is 0 Å². The number of hydrogen-bond acceptors (Lipinski definition) is 3. The summed E-state index contributed by atoms with van der Waals surface area (Å²) in [5.41, 5.74) is 3.14. The third-order valence-corrected chi connectivity index (χ3v) is 3.36. The molecule has 5 heteroatoms. The van der Waals surface area contributed by atoms with Crippen LogP contribution in [0.2, 0.25) is 5.02 Å². The lowest BCUT2D eigenvalue weighted by molar-refractivity contribution is 0.407. The van der Waals surface area contributed by atoms with Crippen molar-refractivity contribution in [3.05, 3.63) is 46.2 Å². The van der Waals surface area contributed by atoms with E-state index in [0.29, 0.717) is 11.6 Å². The van der Waals surface area contributed by atoms with Crippen LogP contribution >= 0.6 is 11.6 Å². The maximum absolute atomic E-state index is 6.19. The number of rotatable bonds is 5. The number of ether oxygens (including phenoxy) is 1. The molecule has 0 saturated heterocycles. The highest BCUT2D eigenvalue weighted by Crippen LogP contribution is 2.25. The molecule has 0 amide bonds. The number of nitrogens with zero attached hydrogens (tertiary/aromatic N) is 2. The number of methoxy groups -OCH3 is 1. The molecule has 0 aliphatic rings. The van der Waals surface area contributed by atoms with Gasteiger partial charge in [-0.2, -0.15) is 5.10 Å². The summed E-state index contributed by atoms with van der Waals surface area (Å²) in [6.45, 7) is 3.39. The minimum atomic E-state index is 0.660. The maximum atomic E-state index is 6.19. The monoisotopic (exact) mass is 279 g/mol. The van der Waals surface area contributed by atoms with Crippen molar-refractivity contribution in [1.82, 2.24) is 15.1 Å². The van der Waals surface area contributed by atoms with E-state index in [1.54, 1.807) is 7.11 Å². The van der Waals surface area contributed by atoms with Crippen molar-refractivity contribution in [2.75, 3.05) is 7.11 Å². The molecule has 1 N–H and O–H groups in total. The van der Waals surface area contributed by atoms with Gasteiger partial charge in [0, 0.05) is 30.7 Å². The normalized spacial score (nSPS) is 10.7. The molecule has 0 saturated carbocycles. The molecule has 102 valence electrons. The van der Waals surface area contributed by atoms with Gasteiger partial charge in [-0.1, -0.05) is 17.7 Å². The third-order valence-electron chi connectivity index (χ3n) is 3.00. The number of aryl methyl sites for hydroxylation is 2. The van der Waals surface area contributed by atoms with Gasteiger partial charge in [0.15, 0.2) is 0 Å². The van der Waals surface area contributed by atoms with Gasteiger partial charge in [0.2, 0.25) is 0 Å². The quantitative estimate of drug-likeness (QED) is 0.915. The zero-order valence-corrected chi connectivity index (χ0v) is 12.2. The second-order valence-electron chi connectivity index (χ2n) is 4.42. The van der Waals surface area contributed by atoms with Crippen molar-refractivity contribution in [3.8, 4) is 5.75 Å². The highest BCUT2D eigenvalue weighted by Gasteiger charge is 2.08. The van der Waals surface area contributed by atoms with Gasteiger partial charge in [-0.25, -0.2) is 0 Å². The van der Waals surface area contributed by atoms with Crippen LogP contribution in [0.1, 0.15) is 17.0 Å². The number of hydrogen-bond donors (Lipinski definition) is 1. The number of nitrogens with one attached hydrogen (secondary N) is 1. The largest absolute Gasteiger partial charge is 0.496 e. The van der Waals surface area contributed by atoms with E-state index in [0.717, 1.165) is 29.2 Å². The molecular weight excluding hydrogens is 262 g/mol. The van der Waals surface area contributed by atoms with Crippen LogP contribution in [-0.4, -0.2) is 16.9 Å². The molecule has 1 heterocycles. The summed E-state index contributed by atoms with van der Waals surface area (Å²) in [6, 6.07) is 7.73. The van der Waals surface area contributed by atoms with Crippen molar-refractivity contribution in [3.63, 3.8) is 0 Å². The van der Waals surface area contributed by atoms with Gasteiger partial charge in [0.25, 0.3) is 0 Å². The van der Waals surface area contributed by atoms with E-state index in [-0.39, 0.29) is 0 Å². The van der Waals surface area contributed by atoms with Crippen molar-refractivity contribution in [1.29, 1.82) is 0 Å². The van der Waals surface area contributed by atoms with Gasteiger partial charge in [-0.15, -0.1) is 0 Å². The first-order chi connectivity index (χ1) is 9.11. The molecule has 0 atom stereocenters. The van der Waals surface area contributed by atoms with Crippen LogP contribution in [0.4, 0.5) is 0 Å². The number of halogens is 1. The summed E-state index contributed by atoms with van der Waals surface area (Å²) in [4.78, 5) is 0. The van der Waals surface area contributed by atoms with Crippen LogP contribution in [0.3, 0.4) is 0 Å². The van der Waals surface area contributed by atoms with Crippen molar-refractivity contribution in [2.45, 2.75) is 20.0 Å². The van der Waals surface area contributed by atoms with Crippen LogP contribution in [0.25, 0.3) is 0 Å². The molecule has 0 aliphatic heterocycles. The van der Waals surface area contributed by atoms with Crippen LogP contribution in [0.15, 0.2) is 24.3 Å². The summed E-state index contributed by atoms with van der Waals surface area (Å²) in [7, 11) is 3.60. The fourth-order valence-electron chi connectivity index (χ4n) is 2.05. The summed E-state index contributed by atoms with van der Waals surface area (Å²) < 4.78 is 7.20. The van der Waals surface area contributed by atoms with Crippen molar-refractivity contribution < 1.29 is 4.74 Å². The molecule has 2 aromatic rings. The van der Waals surface area contributed by atoms with Crippen LogP contribution in [0.5, 0.6) is 5.75 Å². The van der Waals surface area contributed by atoms with Gasteiger partial charge in [-0.3, -0.25) is 4.68 Å². The molecule has 2 rings (SSSR count).